The van der Waals surface area contributed by atoms with E-state index in [1.165, 1.54) is 16.3 Å². The van der Waals surface area contributed by atoms with Gasteiger partial charge in [-0.15, -0.1) is 0 Å². The highest BCUT2D eigenvalue weighted by atomic mass is 32.2. The number of carbonyl (C=O) groups excluding carboxylic acids is 1. The third-order valence-corrected chi connectivity index (χ3v) is 8.65. The van der Waals surface area contributed by atoms with Crippen LogP contribution in [0.15, 0.2) is 47.4 Å². The highest BCUT2D eigenvalue weighted by Gasteiger charge is 2.29. The lowest BCUT2D eigenvalue weighted by molar-refractivity contribution is 0.0730. The van der Waals surface area contributed by atoms with E-state index in [9.17, 15) is 13.2 Å². The predicted molar refractivity (Wildman–Crippen MR) is 134 cm³/mol. The number of hydrogen-bond acceptors (Lipinski definition) is 5. The van der Waals surface area contributed by atoms with E-state index in [4.69, 9.17) is 4.74 Å². The number of aryl methyl sites for hydroxylation is 1. The van der Waals surface area contributed by atoms with E-state index in [1.54, 1.807) is 18.2 Å². The lowest BCUT2D eigenvalue weighted by Crippen LogP contribution is -2.40. The van der Waals surface area contributed by atoms with Gasteiger partial charge in [0.2, 0.25) is 10.0 Å². The Bertz CT molecular complexity index is 1090. The minimum atomic E-state index is -3.70. The maximum Gasteiger partial charge on any atom is 0.253 e. The molecule has 2 fully saturated rings. The minimum absolute atomic E-state index is 0.153. The molecule has 0 saturated carbocycles. The van der Waals surface area contributed by atoms with Crippen LogP contribution < -0.4 is 10.2 Å². The summed E-state index contributed by atoms with van der Waals surface area (Å²) in [5, 5.41) is 3.09. The molecular weight excluding hydrogens is 450 g/mol. The molecule has 1 atom stereocenters. The van der Waals surface area contributed by atoms with Crippen LogP contribution in [0.4, 0.5) is 5.69 Å². The third kappa shape index (κ3) is 5.45. The monoisotopic (exact) mass is 485 g/mol. The second kappa shape index (κ2) is 10.9. The summed E-state index contributed by atoms with van der Waals surface area (Å²) >= 11 is 0. The maximum absolute atomic E-state index is 13.5. The molecule has 1 unspecified atom stereocenters. The van der Waals surface area contributed by atoms with Gasteiger partial charge in [0, 0.05) is 31.9 Å². The van der Waals surface area contributed by atoms with Gasteiger partial charge in [0.05, 0.1) is 29.7 Å². The van der Waals surface area contributed by atoms with E-state index in [0.29, 0.717) is 31.9 Å². The van der Waals surface area contributed by atoms with Crippen molar-refractivity contribution in [3.8, 4) is 0 Å². The molecule has 1 N–H and O–H groups in total. The number of amides is 1. The van der Waals surface area contributed by atoms with Crippen molar-refractivity contribution in [3.63, 3.8) is 0 Å². The van der Waals surface area contributed by atoms with E-state index in [-0.39, 0.29) is 16.8 Å². The number of piperidine rings is 1. The smallest absolute Gasteiger partial charge is 0.253 e. The van der Waals surface area contributed by atoms with Gasteiger partial charge >= 0.3 is 0 Å². The summed E-state index contributed by atoms with van der Waals surface area (Å²) in [5.74, 6) is -0.258. The fourth-order valence-electron chi connectivity index (χ4n) is 4.60. The molecule has 2 saturated heterocycles. The summed E-state index contributed by atoms with van der Waals surface area (Å²) in [6.45, 7) is 7.20. The van der Waals surface area contributed by atoms with Gasteiger partial charge in [-0.1, -0.05) is 31.2 Å². The summed E-state index contributed by atoms with van der Waals surface area (Å²) in [4.78, 5) is 15.9. The highest BCUT2D eigenvalue weighted by molar-refractivity contribution is 7.89. The van der Waals surface area contributed by atoms with Crippen molar-refractivity contribution in [2.45, 2.75) is 50.5 Å². The van der Waals surface area contributed by atoms with Gasteiger partial charge < -0.3 is 15.0 Å². The normalized spacial score (nSPS) is 18.5. The van der Waals surface area contributed by atoms with Crippen molar-refractivity contribution in [2.24, 2.45) is 0 Å². The first-order chi connectivity index (χ1) is 16.4. The van der Waals surface area contributed by atoms with Gasteiger partial charge in [-0.3, -0.25) is 4.79 Å². The van der Waals surface area contributed by atoms with Crippen molar-refractivity contribution in [1.29, 1.82) is 0 Å². The number of nitrogens with zero attached hydrogens (tertiary/aromatic N) is 2. The molecule has 2 aromatic carbocycles. The molecule has 0 radical (unpaired) electrons. The van der Waals surface area contributed by atoms with Crippen LogP contribution in [0, 0.1) is 0 Å². The lowest BCUT2D eigenvalue weighted by Gasteiger charge is -2.31. The van der Waals surface area contributed by atoms with Crippen molar-refractivity contribution >= 4 is 21.6 Å². The number of morpholine rings is 1. The van der Waals surface area contributed by atoms with Crippen molar-refractivity contribution < 1.29 is 17.9 Å². The first kappa shape index (κ1) is 24.7. The molecule has 0 spiro atoms. The van der Waals surface area contributed by atoms with E-state index in [0.717, 1.165) is 43.6 Å². The fourth-order valence-corrected chi connectivity index (χ4v) is 6.04. The second-order valence-electron chi connectivity index (χ2n) is 9.03. The van der Waals surface area contributed by atoms with Crippen molar-refractivity contribution in [2.75, 3.05) is 44.3 Å². The van der Waals surface area contributed by atoms with Crippen LogP contribution in [-0.4, -0.2) is 58.0 Å². The van der Waals surface area contributed by atoms with Gasteiger partial charge in [-0.2, -0.15) is 4.31 Å². The largest absolute Gasteiger partial charge is 0.379 e. The van der Waals surface area contributed by atoms with E-state index in [1.807, 2.05) is 19.1 Å². The average molecular weight is 486 g/mol. The van der Waals surface area contributed by atoms with E-state index < -0.39 is 10.0 Å². The fraction of sp³-hybridized carbons (Fsp3) is 0.500. The SMILES string of the molecule is CCc1ccc(C(C)NC(=O)c2cc(S(=O)(=O)N3CCOCC3)ccc2N2CCCCC2)cc1. The second-order valence-corrected chi connectivity index (χ2v) is 11.0. The number of rotatable bonds is 7. The molecule has 0 aromatic heterocycles. The molecule has 7 nitrogen and oxygen atoms in total. The number of hydrogen-bond donors (Lipinski definition) is 1. The molecule has 1 amide bonds. The van der Waals surface area contributed by atoms with Crippen LogP contribution in [-0.2, 0) is 21.2 Å². The van der Waals surface area contributed by atoms with E-state index >= 15 is 0 Å². The summed E-state index contributed by atoms with van der Waals surface area (Å²) in [6, 6.07) is 13.0. The Balaban J connectivity index is 1.64. The summed E-state index contributed by atoms with van der Waals surface area (Å²) in [5.41, 5.74) is 3.47. The summed E-state index contributed by atoms with van der Waals surface area (Å²) in [7, 11) is -3.70. The first-order valence-corrected chi connectivity index (χ1v) is 13.7. The number of carbonyl (C=O) groups is 1. The zero-order valence-corrected chi connectivity index (χ0v) is 20.9. The standard InChI is InChI=1S/C26H35N3O4S/c1-3-21-7-9-22(10-8-21)20(2)27-26(30)24-19-23(34(31,32)29-15-17-33-18-16-29)11-12-25(24)28-13-5-4-6-14-28/h7-12,19-20H,3-6,13-18H2,1-2H3,(H,27,30). The van der Waals surface area contributed by atoms with Crippen molar-refractivity contribution in [1.82, 2.24) is 9.62 Å². The molecule has 2 heterocycles. The number of anilines is 1. The summed E-state index contributed by atoms with van der Waals surface area (Å²) in [6.07, 6.45) is 4.26. The Hall–Kier alpha value is -2.42. The predicted octanol–water partition coefficient (Wildman–Crippen LogP) is 3.75. The third-order valence-electron chi connectivity index (χ3n) is 6.75. The molecule has 4 rings (SSSR count). The van der Waals surface area contributed by atoms with Gasteiger partial charge in [0.25, 0.3) is 5.91 Å². The van der Waals surface area contributed by atoms with Crippen LogP contribution in [0.5, 0.6) is 0 Å². The molecule has 2 aromatic rings. The van der Waals surface area contributed by atoms with E-state index in [2.05, 4.69) is 29.3 Å². The Morgan fingerprint density at radius 1 is 1.00 bits per heavy atom. The molecular formula is C26H35N3O4S. The maximum atomic E-state index is 13.5. The molecule has 184 valence electrons. The molecule has 0 bridgehead atoms. The van der Waals surface area contributed by atoms with Gasteiger partial charge in [-0.05, 0) is 61.9 Å². The number of ether oxygens (including phenoxy) is 1. The quantitative estimate of drug-likeness (QED) is 0.646. The number of nitrogens with one attached hydrogen (secondary N) is 1. The van der Waals surface area contributed by atoms with Crippen LogP contribution in [0.3, 0.4) is 0 Å². The zero-order chi connectivity index (χ0) is 24.1. The Kier molecular flexibility index (Phi) is 7.91. The lowest BCUT2D eigenvalue weighted by atomic mass is 10.0. The van der Waals surface area contributed by atoms with Crippen LogP contribution in [0.25, 0.3) is 0 Å². The zero-order valence-electron chi connectivity index (χ0n) is 20.1. The first-order valence-electron chi connectivity index (χ1n) is 12.3. The number of benzene rings is 2. The van der Waals surface area contributed by atoms with Crippen molar-refractivity contribution in [3.05, 3.63) is 59.2 Å². The Morgan fingerprint density at radius 2 is 1.68 bits per heavy atom. The topological polar surface area (TPSA) is 79.0 Å². The Labute approximate surface area is 203 Å². The van der Waals surface area contributed by atoms with Gasteiger partial charge in [0.15, 0.2) is 0 Å². The molecule has 2 aliphatic rings. The molecule has 0 aliphatic carbocycles. The minimum Gasteiger partial charge on any atom is -0.379 e. The Morgan fingerprint density at radius 3 is 2.32 bits per heavy atom. The average Bonchev–Trinajstić information content (AvgIpc) is 2.89. The number of sulfonamides is 1. The van der Waals surface area contributed by atoms with Crippen LogP contribution in [0.2, 0.25) is 0 Å². The van der Waals surface area contributed by atoms with Crippen LogP contribution >= 0.6 is 0 Å². The molecule has 34 heavy (non-hydrogen) atoms. The highest BCUT2D eigenvalue weighted by Crippen LogP contribution is 2.29. The summed E-state index contributed by atoms with van der Waals surface area (Å²) < 4.78 is 33.3. The van der Waals surface area contributed by atoms with Gasteiger partial charge in [-0.25, -0.2) is 8.42 Å². The molecule has 2 aliphatic heterocycles. The van der Waals surface area contributed by atoms with Gasteiger partial charge in [0.1, 0.15) is 0 Å². The molecule has 8 heteroatoms. The van der Waals surface area contributed by atoms with Crippen LogP contribution in [0.1, 0.15) is 60.6 Å².